The van der Waals surface area contributed by atoms with Gasteiger partial charge in [0.15, 0.2) is 0 Å². The normalized spacial score (nSPS) is 25.1. The van der Waals surface area contributed by atoms with Crippen LogP contribution in [0.4, 0.5) is 4.39 Å². The molecular weight excluding hydrogens is 291 g/mol. The fraction of sp³-hybridized carbons (Fsp3) is 0.533. The molecule has 4 nitrogen and oxygen atoms in total. The minimum absolute atomic E-state index is 0.00924. The van der Waals surface area contributed by atoms with Crippen LogP contribution >= 0.6 is 0 Å². The summed E-state index contributed by atoms with van der Waals surface area (Å²) in [4.78, 5) is 13.9. The summed E-state index contributed by atoms with van der Waals surface area (Å²) >= 11 is 0. The van der Waals surface area contributed by atoms with Crippen LogP contribution < -0.4 is 5.32 Å². The van der Waals surface area contributed by atoms with Gasteiger partial charge in [0, 0.05) is 34.4 Å². The highest BCUT2D eigenvalue weighted by Crippen LogP contribution is 2.27. The highest BCUT2D eigenvalue weighted by molar-refractivity contribution is 7.84. The Labute approximate surface area is 127 Å². The Morgan fingerprint density at radius 3 is 2.71 bits per heavy atom. The van der Waals surface area contributed by atoms with Crippen LogP contribution in [0.5, 0.6) is 0 Å². The molecule has 4 unspecified atom stereocenters. The van der Waals surface area contributed by atoms with E-state index in [9.17, 15) is 13.4 Å². The predicted molar refractivity (Wildman–Crippen MR) is 81.6 cm³/mol. The Balaban J connectivity index is 2.18. The van der Waals surface area contributed by atoms with E-state index >= 15 is 0 Å². The lowest BCUT2D eigenvalue weighted by atomic mass is 10.1. The molecule has 0 aliphatic carbocycles. The second-order valence-electron chi connectivity index (χ2n) is 5.44. The Morgan fingerprint density at radius 2 is 2.10 bits per heavy atom. The zero-order valence-corrected chi connectivity index (χ0v) is 13.3. The highest BCUT2D eigenvalue weighted by Gasteiger charge is 2.38. The molecule has 0 spiro atoms. The van der Waals surface area contributed by atoms with Gasteiger partial charge in [-0.05, 0) is 19.4 Å². The topological polar surface area (TPSA) is 49.4 Å². The third kappa shape index (κ3) is 3.49. The first-order chi connectivity index (χ1) is 9.91. The summed E-state index contributed by atoms with van der Waals surface area (Å²) in [5.41, 5.74) is 0.473. The van der Waals surface area contributed by atoms with Crippen molar-refractivity contribution in [3.05, 3.63) is 35.6 Å². The molecular formula is C15H21FN2O2S. The van der Waals surface area contributed by atoms with Crippen molar-refractivity contribution in [2.75, 3.05) is 12.8 Å². The first-order valence-corrected chi connectivity index (χ1v) is 8.67. The fourth-order valence-corrected chi connectivity index (χ4v) is 2.89. The molecule has 1 fully saturated rings. The first-order valence-electron chi connectivity index (χ1n) is 7.05. The van der Waals surface area contributed by atoms with Crippen LogP contribution in [-0.2, 0) is 15.6 Å². The summed E-state index contributed by atoms with van der Waals surface area (Å²) in [6.07, 6.45) is 1.84. The van der Waals surface area contributed by atoms with E-state index < -0.39 is 17.0 Å². The van der Waals surface area contributed by atoms with E-state index in [1.807, 2.05) is 6.92 Å². The molecule has 4 atom stereocenters. The first kappa shape index (κ1) is 16.1. The van der Waals surface area contributed by atoms with Crippen molar-refractivity contribution < 1.29 is 13.4 Å². The predicted octanol–water partition coefficient (Wildman–Crippen LogP) is 1.80. The number of rotatable bonds is 5. The van der Waals surface area contributed by atoms with E-state index in [1.165, 1.54) is 6.07 Å². The molecule has 0 saturated carbocycles. The molecule has 1 heterocycles. The lowest BCUT2D eigenvalue weighted by Crippen LogP contribution is -2.33. The summed E-state index contributed by atoms with van der Waals surface area (Å²) in [6, 6.07) is 6.14. The smallest absolute Gasteiger partial charge is 0.241 e. The number of amides is 1. The molecule has 1 aliphatic heterocycles. The summed E-state index contributed by atoms with van der Waals surface area (Å²) < 4.78 is 25.4. The number of carbonyl (C=O) groups excluding carboxylic acids is 1. The van der Waals surface area contributed by atoms with Gasteiger partial charge in [0.1, 0.15) is 12.0 Å². The van der Waals surface area contributed by atoms with Crippen LogP contribution in [0.15, 0.2) is 24.3 Å². The van der Waals surface area contributed by atoms with Crippen LogP contribution in [0.25, 0.3) is 0 Å². The van der Waals surface area contributed by atoms with Crippen molar-refractivity contribution >= 4 is 16.7 Å². The van der Waals surface area contributed by atoms with Crippen molar-refractivity contribution in [1.82, 2.24) is 10.2 Å². The van der Waals surface area contributed by atoms with Crippen LogP contribution in [0.2, 0.25) is 0 Å². The van der Waals surface area contributed by atoms with E-state index in [1.54, 1.807) is 36.3 Å². The van der Waals surface area contributed by atoms with E-state index in [-0.39, 0.29) is 23.0 Å². The third-order valence-electron chi connectivity index (χ3n) is 3.92. The van der Waals surface area contributed by atoms with Crippen molar-refractivity contribution in [2.45, 2.75) is 37.7 Å². The molecule has 1 saturated heterocycles. The minimum Gasteiger partial charge on any atom is -0.321 e. The van der Waals surface area contributed by atoms with Crippen LogP contribution in [0, 0.1) is 5.82 Å². The second-order valence-corrected chi connectivity index (χ2v) is 7.24. The second kappa shape index (κ2) is 6.66. The van der Waals surface area contributed by atoms with Crippen LogP contribution in [0.1, 0.15) is 32.0 Å². The maximum Gasteiger partial charge on any atom is 0.241 e. The van der Waals surface area contributed by atoms with Crippen LogP contribution in [0.3, 0.4) is 0 Å². The van der Waals surface area contributed by atoms with Gasteiger partial charge in [0.05, 0.1) is 6.04 Å². The van der Waals surface area contributed by atoms with Gasteiger partial charge in [0.25, 0.3) is 0 Å². The number of benzene rings is 1. The van der Waals surface area contributed by atoms with Crippen molar-refractivity contribution in [2.24, 2.45) is 0 Å². The Morgan fingerprint density at radius 1 is 1.43 bits per heavy atom. The Hall–Kier alpha value is -1.27. The Kier molecular flexibility index (Phi) is 5.11. The molecule has 1 N–H and O–H groups in total. The largest absolute Gasteiger partial charge is 0.321 e. The number of nitrogens with one attached hydrogen (secondary N) is 1. The van der Waals surface area contributed by atoms with E-state index in [0.29, 0.717) is 18.5 Å². The number of hydrogen-bond donors (Lipinski definition) is 1. The standard InChI is InChI=1S/C15H21FN2O2S/c1-10(21(3)20)8-9-18-14(17-11(2)15(18)19)12-6-4-5-7-13(12)16/h4-7,10-11,14,17H,8-9H2,1-3H3. The number of halogens is 1. The van der Waals surface area contributed by atoms with E-state index in [4.69, 9.17) is 0 Å². The molecule has 0 radical (unpaired) electrons. The number of hydrogen-bond acceptors (Lipinski definition) is 3. The van der Waals surface area contributed by atoms with Gasteiger partial charge >= 0.3 is 0 Å². The highest BCUT2D eigenvalue weighted by atomic mass is 32.2. The van der Waals surface area contributed by atoms with Crippen molar-refractivity contribution in [3.63, 3.8) is 0 Å². The van der Waals surface area contributed by atoms with Gasteiger partial charge in [-0.15, -0.1) is 0 Å². The summed E-state index contributed by atoms with van der Waals surface area (Å²) in [5.74, 6) is -0.369. The van der Waals surface area contributed by atoms with Gasteiger partial charge in [-0.2, -0.15) is 0 Å². The molecule has 21 heavy (non-hydrogen) atoms. The molecule has 116 valence electrons. The quantitative estimate of drug-likeness (QED) is 0.902. The average Bonchev–Trinajstić information content (AvgIpc) is 2.72. The maximum absolute atomic E-state index is 14.0. The monoisotopic (exact) mass is 312 g/mol. The van der Waals surface area contributed by atoms with Crippen molar-refractivity contribution in [1.29, 1.82) is 0 Å². The number of carbonyl (C=O) groups is 1. The molecule has 1 amide bonds. The zero-order chi connectivity index (χ0) is 15.6. The fourth-order valence-electron chi connectivity index (χ4n) is 2.45. The summed E-state index contributed by atoms with van der Waals surface area (Å²) in [7, 11) is -0.923. The zero-order valence-electron chi connectivity index (χ0n) is 12.5. The van der Waals surface area contributed by atoms with Crippen molar-refractivity contribution in [3.8, 4) is 0 Å². The van der Waals surface area contributed by atoms with Gasteiger partial charge < -0.3 is 4.90 Å². The Bertz CT molecular complexity index is 552. The minimum atomic E-state index is -0.923. The van der Waals surface area contributed by atoms with Crippen LogP contribution in [-0.4, -0.2) is 39.1 Å². The maximum atomic E-state index is 14.0. The number of nitrogens with zero attached hydrogens (tertiary/aromatic N) is 1. The van der Waals surface area contributed by atoms with Gasteiger partial charge in [-0.3, -0.25) is 14.3 Å². The summed E-state index contributed by atoms with van der Waals surface area (Å²) in [6.45, 7) is 4.14. The van der Waals surface area contributed by atoms with E-state index in [2.05, 4.69) is 5.32 Å². The molecule has 2 rings (SSSR count). The molecule has 1 aromatic rings. The molecule has 0 aromatic heterocycles. The lowest BCUT2D eigenvalue weighted by Gasteiger charge is -2.25. The SMILES string of the molecule is CC1NC(c2ccccc2F)N(CCC(C)S(C)=O)C1=O. The molecule has 6 heteroatoms. The molecule has 0 bridgehead atoms. The average molecular weight is 312 g/mol. The third-order valence-corrected chi connectivity index (χ3v) is 5.28. The lowest BCUT2D eigenvalue weighted by molar-refractivity contribution is -0.129. The van der Waals surface area contributed by atoms with Gasteiger partial charge in [0.2, 0.25) is 5.91 Å². The summed E-state index contributed by atoms with van der Waals surface area (Å²) in [5, 5.41) is 3.13. The van der Waals surface area contributed by atoms with E-state index in [0.717, 1.165) is 0 Å². The molecule has 1 aliphatic rings. The molecule has 1 aromatic carbocycles. The van der Waals surface area contributed by atoms with Gasteiger partial charge in [-0.1, -0.05) is 25.1 Å². The van der Waals surface area contributed by atoms with Gasteiger partial charge in [-0.25, -0.2) is 4.39 Å².